The van der Waals surface area contributed by atoms with Crippen molar-refractivity contribution in [3.8, 4) is 5.75 Å². The Balaban J connectivity index is 0.000000210. The van der Waals surface area contributed by atoms with Crippen LogP contribution in [0.5, 0.6) is 5.75 Å². The first-order valence-electron chi connectivity index (χ1n) is 17.7. The molecule has 54 heavy (non-hydrogen) atoms. The Bertz CT molecular complexity index is 2040. The standard InChI is InChI=1S/C24H23F3N2O4S.C17H20N2O/c25-24(26,27)33-20-11-13-21(14-12-20)34(31,32)28-15-19(30)16-29-22-7-3-1-5-17(22)9-10-18-6-2-4-8-23(18)29;18-11-15(20)12-19-16-7-3-1-5-13(16)9-10-14-6-2-4-8-17(14)19/h1-8,11-14,19,28,30H,9-10,15-16H2;1-8,15,20H,9-12,18H2/t19-;15-/m11/s1. The molecule has 5 aromatic rings. The van der Waals surface area contributed by atoms with Crippen LogP contribution in [-0.2, 0) is 35.7 Å². The largest absolute Gasteiger partial charge is 0.573 e. The minimum absolute atomic E-state index is 0.148. The van der Waals surface area contributed by atoms with E-state index in [-0.39, 0.29) is 24.5 Å². The quantitative estimate of drug-likeness (QED) is 0.129. The number of hydrogen-bond acceptors (Lipinski definition) is 8. The number of hydrogen-bond donors (Lipinski definition) is 4. The number of nitrogens with one attached hydrogen (secondary N) is 1. The van der Waals surface area contributed by atoms with Gasteiger partial charge in [-0.25, -0.2) is 13.1 Å². The number of ether oxygens (including phenoxy) is 1. The Morgan fingerprint density at radius 3 is 1.37 bits per heavy atom. The number of sulfonamides is 1. The molecule has 2 heterocycles. The number of fused-ring (bicyclic) bond motifs is 4. The van der Waals surface area contributed by atoms with Crippen molar-refractivity contribution in [1.82, 2.24) is 4.72 Å². The maximum absolute atomic E-state index is 12.6. The van der Waals surface area contributed by atoms with Gasteiger partial charge in [0.05, 0.1) is 30.2 Å². The van der Waals surface area contributed by atoms with Crippen LogP contribution >= 0.6 is 0 Å². The topological polar surface area (TPSA) is 128 Å². The highest BCUT2D eigenvalue weighted by molar-refractivity contribution is 7.89. The Morgan fingerprint density at radius 1 is 0.630 bits per heavy atom. The van der Waals surface area contributed by atoms with Crippen LogP contribution in [0.25, 0.3) is 0 Å². The fraction of sp³-hybridized carbons (Fsp3) is 0.268. The van der Waals surface area contributed by atoms with Crippen molar-refractivity contribution in [1.29, 1.82) is 0 Å². The Hall–Kier alpha value is -4.92. The maximum Gasteiger partial charge on any atom is 0.573 e. The molecule has 2 aliphatic heterocycles. The van der Waals surface area contributed by atoms with Crippen molar-refractivity contribution in [3.05, 3.63) is 144 Å². The first kappa shape index (κ1) is 38.8. The fourth-order valence-electron chi connectivity index (χ4n) is 6.80. The molecule has 0 saturated carbocycles. The normalized spacial score (nSPS) is 14.9. The number of aryl methyl sites for hydroxylation is 4. The summed E-state index contributed by atoms with van der Waals surface area (Å²) in [6.07, 6.45) is -2.69. The zero-order chi connectivity index (χ0) is 38.3. The van der Waals surface area contributed by atoms with Crippen molar-refractivity contribution in [3.63, 3.8) is 0 Å². The van der Waals surface area contributed by atoms with Crippen LogP contribution in [0.4, 0.5) is 35.9 Å². The molecular formula is C41H43F3N4O5S. The van der Waals surface area contributed by atoms with E-state index in [9.17, 15) is 31.8 Å². The van der Waals surface area contributed by atoms with Gasteiger partial charge >= 0.3 is 6.36 Å². The Morgan fingerprint density at radius 2 is 1.00 bits per heavy atom. The summed E-state index contributed by atoms with van der Waals surface area (Å²) in [5.74, 6) is -0.523. The summed E-state index contributed by atoms with van der Waals surface area (Å²) < 4.78 is 68.2. The van der Waals surface area contributed by atoms with Gasteiger partial charge in [0.25, 0.3) is 0 Å². The average Bonchev–Trinajstić information content (AvgIpc) is 3.42. The summed E-state index contributed by atoms with van der Waals surface area (Å²) in [6, 6.07) is 36.5. The van der Waals surface area contributed by atoms with Crippen LogP contribution in [0.15, 0.2) is 126 Å². The molecule has 0 bridgehead atoms. The number of aliphatic hydroxyl groups excluding tert-OH is 2. The average molecular weight is 761 g/mol. The van der Waals surface area contributed by atoms with Gasteiger partial charge in [0.1, 0.15) is 5.75 Å². The predicted molar refractivity (Wildman–Crippen MR) is 204 cm³/mol. The highest BCUT2D eigenvalue weighted by Crippen LogP contribution is 2.37. The summed E-state index contributed by atoms with van der Waals surface area (Å²) in [6.45, 7) is 0.685. The van der Waals surface area contributed by atoms with Crippen molar-refractivity contribution in [2.75, 3.05) is 36.0 Å². The van der Waals surface area contributed by atoms with E-state index < -0.39 is 34.3 Å². The molecule has 284 valence electrons. The van der Waals surface area contributed by atoms with E-state index in [1.54, 1.807) is 0 Å². The Kier molecular flexibility index (Phi) is 12.2. The van der Waals surface area contributed by atoms with E-state index in [1.807, 2.05) is 53.4 Å². The van der Waals surface area contributed by atoms with Crippen LogP contribution in [0, 0.1) is 0 Å². The number of alkyl halides is 3. The molecule has 0 spiro atoms. The molecule has 5 N–H and O–H groups in total. The van der Waals surface area contributed by atoms with E-state index in [0.29, 0.717) is 6.54 Å². The van der Waals surface area contributed by atoms with Crippen LogP contribution in [0.2, 0.25) is 0 Å². The molecule has 2 aliphatic rings. The first-order valence-corrected chi connectivity index (χ1v) is 19.2. The molecule has 9 nitrogen and oxygen atoms in total. The molecule has 0 amide bonds. The number of para-hydroxylation sites is 4. The van der Waals surface area contributed by atoms with E-state index in [0.717, 1.165) is 72.5 Å². The molecule has 0 fully saturated rings. The molecule has 2 atom stereocenters. The third-order valence-corrected chi connectivity index (χ3v) is 10.8. The highest BCUT2D eigenvalue weighted by atomic mass is 32.2. The number of aliphatic hydroxyl groups is 2. The number of nitrogens with two attached hydrogens (primary N) is 1. The van der Waals surface area contributed by atoms with Crippen molar-refractivity contribution >= 4 is 32.8 Å². The number of halogens is 3. The molecule has 0 saturated heterocycles. The van der Waals surface area contributed by atoms with E-state index in [2.05, 4.69) is 62.9 Å². The third kappa shape index (κ3) is 9.59. The van der Waals surface area contributed by atoms with Gasteiger partial charge in [-0.1, -0.05) is 72.8 Å². The lowest BCUT2D eigenvalue weighted by Gasteiger charge is -2.29. The number of β-amino-alcohol motifs (C(OH)–C–C–N with tert-alkyl or cyclic N) is 2. The molecule has 7 rings (SSSR count). The third-order valence-electron chi connectivity index (χ3n) is 9.39. The monoisotopic (exact) mass is 760 g/mol. The van der Waals surface area contributed by atoms with Gasteiger partial charge in [0.15, 0.2) is 0 Å². The Labute approximate surface area is 313 Å². The molecule has 0 aliphatic carbocycles. The second-order valence-corrected chi connectivity index (χ2v) is 14.9. The van der Waals surface area contributed by atoms with Gasteiger partial charge in [-0.05, 0) is 96.5 Å². The lowest BCUT2D eigenvalue weighted by atomic mass is 10.0. The number of benzene rings is 5. The number of nitrogens with zero attached hydrogens (tertiary/aromatic N) is 2. The van der Waals surface area contributed by atoms with Crippen molar-refractivity contribution in [2.45, 2.75) is 49.1 Å². The zero-order valence-corrected chi connectivity index (χ0v) is 30.3. The minimum Gasteiger partial charge on any atom is -0.406 e. The highest BCUT2D eigenvalue weighted by Gasteiger charge is 2.31. The van der Waals surface area contributed by atoms with Gasteiger partial charge in [-0.15, -0.1) is 13.2 Å². The van der Waals surface area contributed by atoms with Gasteiger partial charge in [0.2, 0.25) is 10.0 Å². The number of rotatable bonds is 10. The zero-order valence-electron chi connectivity index (χ0n) is 29.5. The smallest absolute Gasteiger partial charge is 0.406 e. The summed E-state index contributed by atoms with van der Waals surface area (Å²) >= 11 is 0. The summed E-state index contributed by atoms with van der Waals surface area (Å²) in [5.41, 5.74) is 14.8. The van der Waals surface area contributed by atoms with Crippen LogP contribution in [0.3, 0.4) is 0 Å². The van der Waals surface area contributed by atoms with Gasteiger partial charge < -0.3 is 30.5 Å². The van der Waals surface area contributed by atoms with Gasteiger partial charge in [0, 0.05) is 35.8 Å². The van der Waals surface area contributed by atoms with Gasteiger partial charge in [-0.3, -0.25) is 0 Å². The van der Waals surface area contributed by atoms with Crippen molar-refractivity contribution < 1.29 is 36.5 Å². The summed E-state index contributed by atoms with van der Waals surface area (Å²) in [7, 11) is -4.05. The molecular weight excluding hydrogens is 718 g/mol. The van der Waals surface area contributed by atoms with Crippen LogP contribution < -0.4 is 25.0 Å². The van der Waals surface area contributed by atoms with E-state index in [4.69, 9.17) is 5.73 Å². The van der Waals surface area contributed by atoms with E-state index >= 15 is 0 Å². The van der Waals surface area contributed by atoms with Crippen molar-refractivity contribution in [2.24, 2.45) is 5.73 Å². The summed E-state index contributed by atoms with van der Waals surface area (Å²) in [4.78, 5) is 3.95. The molecule has 0 radical (unpaired) electrons. The molecule has 0 unspecified atom stereocenters. The minimum atomic E-state index is -4.87. The fourth-order valence-corrected chi connectivity index (χ4v) is 7.88. The van der Waals surface area contributed by atoms with Crippen LogP contribution in [-0.4, -0.2) is 63.4 Å². The molecule has 13 heteroatoms. The van der Waals surface area contributed by atoms with E-state index in [1.165, 1.54) is 22.5 Å². The number of anilines is 4. The molecule has 5 aromatic carbocycles. The summed E-state index contributed by atoms with van der Waals surface area (Å²) in [5, 5.41) is 20.7. The SMILES string of the molecule is NC[C@@H](O)CN1c2ccccc2CCc2ccccc21.O=S(=O)(NC[C@@H](O)CN1c2ccccc2CCc2ccccc21)c1ccc(OC(F)(F)F)cc1. The lowest BCUT2D eigenvalue weighted by Crippen LogP contribution is -2.39. The van der Waals surface area contributed by atoms with Gasteiger partial charge in [-0.2, -0.15) is 0 Å². The molecule has 0 aromatic heterocycles. The maximum atomic E-state index is 12.6. The van der Waals surface area contributed by atoms with Crippen LogP contribution in [0.1, 0.15) is 22.3 Å². The predicted octanol–water partition coefficient (Wildman–Crippen LogP) is 6.40. The second-order valence-electron chi connectivity index (χ2n) is 13.2. The second kappa shape index (κ2) is 17.0. The first-order chi connectivity index (χ1) is 25.9. The lowest BCUT2D eigenvalue weighted by molar-refractivity contribution is -0.274.